The minimum Gasteiger partial charge on any atom is -0.493 e. The maximum Gasteiger partial charge on any atom is 0.237 e. The molecular formula is C16H26N2O3. The zero-order valence-corrected chi connectivity index (χ0v) is 12.9. The van der Waals surface area contributed by atoms with Gasteiger partial charge in [-0.05, 0) is 44.4 Å². The smallest absolute Gasteiger partial charge is 0.237 e. The number of para-hydroxylation sites is 1. The van der Waals surface area contributed by atoms with Crippen molar-refractivity contribution in [3.05, 3.63) is 29.8 Å². The van der Waals surface area contributed by atoms with Gasteiger partial charge in [0.1, 0.15) is 5.75 Å². The monoisotopic (exact) mass is 294 g/mol. The summed E-state index contributed by atoms with van der Waals surface area (Å²) in [5.41, 5.74) is 5.74. The van der Waals surface area contributed by atoms with Crippen LogP contribution in [-0.2, 0) is 11.2 Å². The van der Waals surface area contributed by atoms with Crippen molar-refractivity contribution in [2.24, 2.45) is 5.73 Å². The maximum atomic E-state index is 11.5. The van der Waals surface area contributed by atoms with Crippen LogP contribution in [0.1, 0.15) is 32.3 Å². The summed E-state index contributed by atoms with van der Waals surface area (Å²) in [6, 6.07) is 7.66. The van der Waals surface area contributed by atoms with Gasteiger partial charge in [0.25, 0.3) is 0 Å². The Balaban J connectivity index is 2.48. The van der Waals surface area contributed by atoms with Crippen LogP contribution in [0.3, 0.4) is 0 Å². The Hall–Kier alpha value is -1.59. The predicted octanol–water partition coefficient (Wildman–Crippen LogP) is 1.23. The fourth-order valence-corrected chi connectivity index (χ4v) is 2.27. The molecule has 5 heteroatoms. The van der Waals surface area contributed by atoms with Crippen molar-refractivity contribution in [1.82, 2.24) is 5.32 Å². The van der Waals surface area contributed by atoms with Crippen molar-refractivity contribution in [2.45, 2.75) is 38.6 Å². The minimum atomic E-state index is -0.692. The lowest BCUT2D eigenvalue weighted by molar-refractivity contribution is -0.124. The van der Waals surface area contributed by atoms with Crippen LogP contribution in [0.4, 0.5) is 0 Å². The summed E-state index contributed by atoms with van der Waals surface area (Å²) in [6.45, 7) is 5.07. The standard InChI is InChI=1S/C16H26N2O3/c1-3-18-16(2,15(17)20)10-6-12-21-14-8-5-4-7-13(14)9-11-19/h4-5,7-8,18-19H,3,6,9-12H2,1-2H3,(H2,17,20). The number of rotatable bonds is 10. The minimum absolute atomic E-state index is 0.0978. The van der Waals surface area contributed by atoms with Crippen molar-refractivity contribution in [3.8, 4) is 5.75 Å². The number of nitrogens with one attached hydrogen (secondary N) is 1. The Bertz CT molecular complexity index is 451. The van der Waals surface area contributed by atoms with Gasteiger partial charge in [-0.25, -0.2) is 0 Å². The average Bonchev–Trinajstić information content (AvgIpc) is 2.45. The molecule has 1 amide bonds. The second-order valence-electron chi connectivity index (χ2n) is 5.26. The third kappa shape index (κ3) is 5.36. The lowest BCUT2D eigenvalue weighted by atomic mass is 9.95. The second kappa shape index (κ2) is 8.64. The maximum absolute atomic E-state index is 11.5. The number of likely N-dealkylation sites (N-methyl/N-ethyl adjacent to an activating group) is 1. The molecular weight excluding hydrogens is 268 g/mol. The summed E-state index contributed by atoms with van der Waals surface area (Å²) in [5.74, 6) is 0.445. The molecule has 0 spiro atoms. The van der Waals surface area contributed by atoms with Gasteiger partial charge >= 0.3 is 0 Å². The number of aliphatic hydroxyl groups is 1. The number of hydrogen-bond acceptors (Lipinski definition) is 4. The number of amides is 1. The Morgan fingerprint density at radius 2 is 2.14 bits per heavy atom. The fraction of sp³-hybridized carbons (Fsp3) is 0.562. The second-order valence-corrected chi connectivity index (χ2v) is 5.26. The van der Waals surface area contributed by atoms with Crippen LogP contribution in [0.2, 0.25) is 0 Å². The van der Waals surface area contributed by atoms with E-state index < -0.39 is 5.54 Å². The highest BCUT2D eigenvalue weighted by atomic mass is 16.5. The number of primary amides is 1. The topological polar surface area (TPSA) is 84.6 Å². The highest BCUT2D eigenvalue weighted by Gasteiger charge is 2.29. The number of hydrogen-bond donors (Lipinski definition) is 3. The molecule has 0 heterocycles. The van der Waals surface area contributed by atoms with Gasteiger partial charge in [0.2, 0.25) is 5.91 Å². The van der Waals surface area contributed by atoms with Crippen molar-refractivity contribution in [3.63, 3.8) is 0 Å². The summed E-state index contributed by atoms with van der Waals surface area (Å²) < 4.78 is 5.75. The fourth-order valence-electron chi connectivity index (χ4n) is 2.27. The first kappa shape index (κ1) is 17.5. The van der Waals surface area contributed by atoms with E-state index in [1.54, 1.807) is 0 Å². The first-order chi connectivity index (χ1) is 10.0. The molecule has 0 saturated carbocycles. The SMILES string of the molecule is CCNC(C)(CCCOc1ccccc1CCO)C(N)=O. The Labute approximate surface area is 126 Å². The van der Waals surface area contributed by atoms with Gasteiger partial charge < -0.3 is 20.9 Å². The van der Waals surface area contributed by atoms with E-state index in [-0.39, 0.29) is 12.5 Å². The van der Waals surface area contributed by atoms with E-state index in [4.69, 9.17) is 15.6 Å². The van der Waals surface area contributed by atoms with Crippen LogP contribution in [0.5, 0.6) is 5.75 Å². The largest absolute Gasteiger partial charge is 0.493 e. The first-order valence-corrected chi connectivity index (χ1v) is 7.40. The lowest BCUT2D eigenvalue weighted by Crippen LogP contribution is -2.53. The molecule has 0 aliphatic rings. The van der Waals surface area contributed by atoms with Gasteiger partial charge in [0, 0.05) is 6.61 Å². The van der Waals surface area contributed by atoms with E-state index in [1.165, 1.54) is 0 Å². The Morgan fingerprint density at radius 3 is 2.76 bits per heavy atom. The molecule has 1 aromatic rings. The molecule has 1 atom stereocenters. The van der Waals surface area contributed by atoms with E-state index in [0.29, 0.717) is 26.0 Å². The van der Waals surface area contributed by atoms with Gasteiger partial charge in [-0.3, -0.25) is 4.79 Å². The van der Waals surface area contributed by atoms with Crippen LogP contribution in [0.25, 0.3) is 0 Å². The van der Waals surface area contributed by atoms with Crippen LogP contribution in [0, 0.1) is 0 Å². The molecule has 0 bridgehead atoms. The molecule has 1 rings (SSSR count). The quantitative estimate of drug-likeness (QED) is 0.567. The molecule has 0 saturated heterocycles. The number of benzene rings is 1. The molecule has 21 heavy (non-hydrogen) atoms. The third-order valence-electron chi connectivity index (χ3n) is 3.54. The van der Waals surface area contributed by atoms with Crippen molar-refractivity contribution < 1.29 is 14.6 Å². The zero-order valence-electron chi connectivity index (χ0n) is 12.9. The van der Waals surface area contributed by atoms with Gasteiger partial charge in [0.05, 0.1) is 12.1 Å². The van der Waals surface area contributed by atoms with E-state index >= 15 is 0 Å². The lowest BCUT2D eigenvalue weighted by Gasteiger charge is -2.27. The summed E-state index contributed by atoms with van der Waals surface area (Å²) >= 11 is 0. The molecule has 1 aromatic carbocycles. The molecule has 0 aromatic heterocycles. The van der Waals surface area contributed by atoms with E-state index in [9.17, 15) is 4.79 Å². The zero-order chi connectivity index (χ0) is 15.7. The normalized spacial score (nSPS) is 13.7. The molecule has 1 unspecified atom stereocenters. The number of nitrogens with two attached hydrogens (primary N) is 1. The van der Waals surface area contributed by atoms with Crippen molar-refractivity contribution in [1.29, 1.82) is 0 Å². The van der Waals surface area contributed by atoms with Gasteiger partial charge in [0.15, 0.2) is 0 Å². The number of carbonyl (C=O) groups is 1. The van der Waals surface area contributed by atoms with Gasteiger partial charge in [-0.1, -0.05) is 25.1 Å². The van der Waals surface area contributed by atoms with Gasteiger partial charge in [-0.2, -0.15) is 0 Å². The number of aliphatic hydroxyl groups excluding tert-OH is 1. The van der Waals surface area contributed by atoms with E-state index in [2.05, 4.69) is 5.32 Å². The third-order valence-corrected chi connectivity index (χ3v) is 3.54. The Morgan fingerprint density at radius 1 is 1.43 bits per heavy atom. The number of carbonyl (C=O) groups excluding carboxylic acids is 1. The average molecular weight is 294 g/mol. The molecule has 4 N–H and O–H groups in total. The Kier molecular flexibility index (Phi) is 7.19. The van der Waals surface area contributed by atoms with E-state index in [0.717, 1.165) is 17.7 Å². The molecule has 118 valence electrons. The van der Waals surface area contributed by atoms with Gasteiger partial charge in [-0.15, -0.1) is 0 Å². The van der Waals surface area contributed by atoms with E-state index in [1.807, 2.05) is 38.1 Å². The summed E-state index contributed by atoms with van der Waals surface area (Å²) in [5, 5.41) is 12.2. The highest BCUT2D eigenvalue weighted by Crippen LogP contribution is 2.19. The number of ether oxygens (including phenoxy) is 1. The summed E-state index contributed by atoms with van der Waals surface area (Å²) in [4.78, 5) is 11.5. The van der Waals surface area contributed by atoms with Crippen LogP contribution < -0.4 is 15.8 Å². The van der Waals surface area contributed by atoms with Crippen LogP contribution >= 0.6 is 0 Å². The van der Waals surface area contributed by atoms with Crippen molar-refractivity contribution in [2.75, 3.05) is 19.8 Å². The molecule has 0 aliphatic carbocycles. The summed E-state index contributed by atoms with van der Waals surface area (Å²) in [6.07, 6.45) is 1.92. The summed E-state index contributed by atoms with van der Waals surface area (Å²) in [7, 11) is 0. The molecule has 5 nitrogen and oxygen atoms in total. The molecule has 0 radical (unpaired) electrons. The van der Waals surface area contributed by atoms with Crippen LogP contribution in [0.15, 0.2) is 24.3 Å². The van der Waals surface area contributed by atoms with Crippen molar-refractivity contribution >= 4 is 5.91 Å². The first-order valence-electron chi connectivity index (χ1n) is 7.40. The molecule has 0 aliphatic heterocycles. The predicted molar refractivity (Wildman–Crippen MR) is 83.2 cm³/mol. The van der Waals surface area contributed by atoms with Crippen LogP contribution in [-0.4, -0.2) is 36.3 Å². The highest BCUT2D eigenvalue weighted by molar-refractivity contribution is 5.84. The molecule has 0 fully saturated rings.